The van der Waals surface area contributed by atoms with Gasteiger partial charge in [0.15, 0.2) is 0 Å². The zero-order valence-electron chi connectivity index (χ0n) is 15.3. The molecule has 25 heavy (non-hydrogen) atoms. The molecule has 0 heterocycles. The quantitative estimate of drug-likeness (QED) is 0.403. The van der Waals surface area contributed by atoms with Crippen LogP contribution in [0.4, 0.5) is 0 Å². The van der Waals surface area contributed by atoms with E-state index in [4.69, 9.17) is 0 Å². The van der Waals surface area contributed by atoms with Crippen LogP contribution in [0.15, 0.2) is 54.6 Å². The van der Waals surface area contributed by atoms with Gasteiger partial charge < -0.3 is 0 Å². The fraction of sp³-hybridized carbons (Fsp3) is 0.333. The number of fused-ring (bicyclic) bond motifs is 1. The Morgan fingerprint density at radius 1 is 0.920 bits per heavy atom. The maximum absolute atomic E-state index is 3.76. The molecule has 0 spiro atoms. The molecule has 3 aromatic rings. The highest BCUT2D eigenvalue weighted by Gasteiger charge is 2.30. The Morgan fingerprint density at radius 2 is 1.64 bits per heavy atom. The second-order valence-electron chi connectivity index (χ2n) is 8.28. The number of alkyl halides is 1. The first kappa shape index (κ1) is 16.8. The lowest BCUT2D eigenvalue weighted by Crippen LogP contribution is -2.13. The normalized spacial score (nSPS) is 14.9. The van der Waals surface area contributed by atoms with Gasteiger partial charge in [-0.3, -0.25) is 0 Å². The van der Waals surface area contributed by atoms with Crippen molar-refractivity contribution < 1.29 is 0 Å². The number of rotatable bonds is 3. The van der Waals surface area contributed by atoms with Crippen molar-refractivity contribution in [2.75, 3.05) is 0 Å². The molecule has 1 heteroatoms. The first-order chi connectivity index (χ1) is 12.0. The summed E-state index contributed by atoms with van der Waals surface area (Å²) in [7, 11) is 0. The van der Waals surface area contributed by atoms with E-state index in [1.54, 1.807) is 5.56 Å². The molecule has 1 aliphatic rings. The molecule has 4 rings (SSSR count). The van der Waals surface area contributed by atoms with E-state index in [9.17, 15) is 0 Å². The number of hydrogen-bond donors (Lipinski definition) is 0. The maximum Gasteiger partial charge on any atom is 0.0286 e. The van der Waals surface area contributed by atoms with Crippen molar-refractivity contribution in [2.24, 2.45) is 0 Å². The highest BCUT2D eigenvalue weighted by Crippen LogP contribution is 2.48. The molecule has 0 unspecified atom stereocenters. The molecular weight excluding hydrogens is 368 g/mol. The molecule has 0 N–H and O–H groups in total. The van der Waals surface area contributed by atoms with Crippen molar-refractivity contribution in [1.29, 1.82) is 0 Å². The molecule has 0 saturated heterocycles. The van der Waals surface area contributed by atoms with Gasteiger partial charge in [0.05, 0.1) is 0 Å². The minimum atomic E-state index is 0.151. The molecule has 1 saturated carbocycles. The topological polar surface area (TPSA) is 0 Å². The summed E-state index contributed by atoms with van der Waals surface area (Å²) in [4.78, 5) is 0. The number of benzene rings is 3. The lowest BCUT2D eigenvalue weighted by molar-refractivity contribution is 0.589. The van der Waals surface area contributed by atoms with Crippen LogP contribution < -0.4 is 0 Å². The van der Waals surface area contributed by atoms with Gasteiger partial charge in [-0.05, 0) is 62.8 Å². The van der Waals surface area contributed by atoms with Gasteiger partial charge in [-0.1, -0.05) is 91.3 Å². The summed E-state index contributed by atoms with van der Waals surface area (Å²) in [5, 5.41) is 3.61. The van der Waals surface area contributed by atoms with E-state index in [0.717, 1.165) is 11.2 Å². The van der Waals surface area contributed by atoms with Gasteiger partial charge in [0.1, 0.15) is 0 Å². The molecule has 0 aliphatic heterocycles. The maximum atomic E-state index is 3.76. The fourth-order valence-electron chi connectivity index (χ4n) is 3.79. The predicted octanol–water partition coefficient (Wildman–Crippen LogP) is 7.58. The van der Waals surface area contributed by atoms with Crippen LogP contribution in [0, 0.1) is 0 Å². The molecule has 0 bridgehead atoms. The average Bonchev–Trinajstić information content (AvgIpc) is 3.44. The van der Waals surface area contributed by atoms with Crippen LogP contribution >= 0.6 is 15.9 Å². The van der Waals surface area contributed by atoms with Crippen molar-refractivity contribution in [2.45, 2.75) is 50.3 Å². The summed E-state index contributed by atoms with van der Waals surface area (Å²) in [6.45, 7) is 6.93. The third kappa shape index (κ3) is 3.15. The van der Waals surface area contributed by atoms with Gasteiger partial charge in [0.25, 0.3) is 0 Å². The second kappa shape index (κ2) is 6.29. The minimum Gasteiger partial charge on any atom is -0.0876 e. The van der Waals surface area contributed by atoms with Crippen LogP contribution in [0.3, 0.4) is 0 Å². The summed E-state index contributed by atoms with van der Waals surface area (Å²) in [6, 6.07) is 20.4. The van der Waals surface area contributed by atoms with Gasteiger partial charge in [0, 0.05) is 5.33 Å². The zero-order chi connectivity index (χ0) is 17.6. The van der Waals surface area contributed by atoms with E-state index in [-0.39, 0.29) is 5.41 Å². The molecule has 3 aromatic carbocycles. The number of hydrogen-bond acceptors (Lipinski definition) is 0. The molecule has 128 valence electrons. The van der Waals surface area contributed by atoms with E-state index in [1.165, 1.54) is 45.9 Å². The molecule has 0 amide bonds. The number of halogens is 1. The molecule has 0 nitrogen and oxygen atoms in total. The Morgan fingerprint density at radius 3 is 2.32 bits per heavy atom. The van der Waals surface area contributed by atoms with Crippen molar-refractivity contribution in [3.63, 3.8) is 0 Å². The Balaban J connectivity index is 2.05. The van der Waals surface area contributed by atoms with Crippen molar-refractivity contribution in [3.05, 3.63) is 71.3 Å². The summed E-state index contributed by atoms with van der Waals surface area (Å²) >= 11 is 3.76. The van der Waals surface area contributed by atoms with Gasteiger partial charge in [-0.15, -0.1) is 0 Å². The van der Waals surface area contributed by atoms with E-state index < -0.39 is 0 Å². The third-order valence-corrected chi connectivity index (χ3v) is 5.95. The lowest BCUT2D eigenvalue weighted by atomic mass is 9.81. The van der Waals surface area contributed by atoms with Crippen molar-refractivity contribution >= 4 is 26.7 Å². The first-order valence-corrected chi connectivity index (χ1v) is 10.3. The second-order valence-corrected chi connectivity index (χ2v) is 8.84. The monoisotopic (exact) mass is 392 g/mol. The van der Waals surface area contributed by atoms with Crippen LogP contribution in [0.5, 0.6) is 0 Å². The fourth-order valence-corrected chi connectivity index (χ4v) is 4.26. The van der Waals surface area contributed by atoms with Gasteiger partial charge in [0.2, 0.25) is 0 Å². The molecular formula is C24H25Br. The molecule has 0 aromatic heterocycles. The summed E-state index contributed by atoms with van der Waals surface area (Å²) in [5.74, 6) is 0.732. The standard InChI is InChI=1S/C24H25Br/c1-24(2,3)19-13-18(15-25)23(17-11-12-17)22(14-19)21-10-6-8-16-7-4-5-9-20(16)21/h4-10,13-14,17H,11-12,15H2,1-3H3. The van der Waals surface area contributed by atoms with Gasteiger partial charge in [-0.2, -0.15) is 0 Å². The Labute approximate surface area is 159 Å². The largest absolute Gasteiger partial charge is 0.0876 e. The Hall–Kier alpha value is -1.60. The van der Waals surface area contributed by atoms with E-state index in [0.29, 0.717) is 0 Å². The lowest BCUT2D eigenvalue weighted by Gasteiger charge is -2.24. The Kier molecular flexibility index (Phi) is 4.24. The van der Waals surface area contributed by atoms with Crippen molar-refractivity contribution in [3.8, 4) is 11.1 Å². The zero-order valence-corrected chi connectivity index (χ0v) is 16.9. The summed E-state index contributed by atoms with van der Waals surface area (Å²) < 4.78 is 0. The van der Waals surface area contributed by atoms with Gasteiger partial charge >= 0.3 is 0 Å². The highest BCUT2D eigenvalue weighted by molar-refractivity contribution is 9.08. The summed E-state index contributed by atoms with van der Waals surface area (Å²) in [5.41, 5.74) is 7.45. The van der Waals surface area contributed by atoms with Crippen LogP contribution in [0.25, 0.3) is 21.9 Å². The predicted molar refractivity (Wildman–Crippen MR) is 113 cm³/mol. The minimum absolute atomic E-state index is 0.151. The van der Waals surface area contributed by atoms with Crippen LogP contribution in [0.2, 0.25) is 0 Å². The van der Waals surface area contributed by atoms with Crippen molar-refractivity contribution in [1.82, 2.24) is 0 Å². The average molecular weight is 393 g/mol. The van der Waals surface area contributed by atoms with Crippen LogP contribution in [-0.4, -0.2) is 0 Å². The van der Waals surface area contributed by atoms with E-state index >= 15 is 0 Å². The van der Waals surface area contributed by atoms with Gasteiger partial charge in [-0.25, -0.2) is 0 Å². The smallest absolute Gasteiger partial charge is 0.0286 e. The molecule has 1 aliphatic carbocycles. The van der Waals surface area contributed by atoms with Crippen LogP contribution in [0.1, 0.15) is 56.2 Å². The van der Waals surface area contributed by atoms with E-state index in [1.807, 2.05) is 0 Å². The Bertz CT molecular complexity index is 921. The SMILES string of the molecule is CC(C)(C)c1cc(CBr)c(C2CC2)c(-c2cccc3ccccc23)c1. The first-order valence-electron chi connectivity index (χ1n) is 9.20. The molecule has 1 fully saturated rings. The highest BCUT2D eigenvalue weighted by atomic mass is 79.9. The van der Waals surface area contributed by atoms with Crippen LogP contribution in [-0.2, 0) is 10.7 Å². The summed E-state index contributed by atoms with van der Waals surface area (Å²) in [6.07, 6.45) is 2.65. The van der Waals surface area contributed by atoms with E-state index in [2.05, 4.69) is 91.3 Å². The molecule has 0 atom stereocenters. The third-order valence-electron chi connectivity index (χ3n) is 5.34. The molecule has 0 radical (unpaired) electrons.